The fourth-order valence-corrected chi connectivity index (χ4v) is 3.31. The lowest BCUT2D eigenvalue weighted by molar-refractivity contribution is -0.306. The van der Waals surface area contributed by atoms with Crippen molar-refractivity contribution in [1.82, 2.24) is 0 Å². The maximum atomic E-state index is 12.8. The molecule has 1 heterocycles. The van der Waals surface area contributed by atoms with Crippen LogP contribution in [0, 0.1) is 5.41 Å². The van der Waals surface area contributed by atoms with Gasteiger partial charge in [0, 0.05) is 6.42 Å². The minimum atomic E-state index is -1.69. The van der Waals surface area contributed by atoms with Crippen LogP contribution in [0.2, 0.25) is 0 Å². The van der Waals surface area contributed by atoms with Gasteiger partial charge >= 0.3 is 17.9 Å². The Labute approximate surface area is 210 Å². The average molecular weight is 507 g/mol. The number of benzene rings is 1. The molecule has 1 aliphatic rings. The van der Waals surface area contributed by atoms with E-state index in [0.717, 1.165) is 5.56 Å². The molecule has 1 aromatic carbocycles. The lowest BCUT2D eigenvalue weighted by atomic mass is 9.95. The second-order valence-corrected chi connectivity index (χ2v) is 9.42. The molecule has 0 bridgehead atoms. The highest BCUT2D eigenvalue weighted by Gasteiger charge is 2.54. The van der Waals surface area contributed by atoms with Crippen molar-refractivity contribution in [3.8, 4) is 0 Å². The molecule has 36 heavy (non-hydrogen) atoms. The van der Waals surface area contributed by atoms with Crippen molar-refractivity contribution in [2.24, 2.45) is 5.41 Å². The van der Waals surface area contributed by atoms with Gasteiger partial charge in [-0.3, -0.25) is 9.59 Å². The smallest absolute Gasteiger partial charge is 0.336 e. The van der Waals surface area contributed by atoms with Crippen LogP contribution < -0.4 is 0 Å². The van der Waals surface area contributed by atoms with Gasteiger partial charge in [0.15, 0.2) is 24.6 Å². The molecule has 0 spiro atoms. The number of carbonyl (C=O) groups excluding carboxylic acids is 3. The zero-order valence-electron chi connectivity index (χ0n) is 21.0. The highest BCUT2D eigenvalue weighted by molar-refractivity contribution is 5.81. The molecule has 0 aliphatic carbocycles. The van der Waals surface area contributed by atoms with E-state index in [1.54, 1.807) is 45.0 Å². The predicted octanol–water partition coefficient (Wildman–Crippen LogP) is 2.82. The Bertz CT molecular complexity index is 920. The minimum Gasteiger partial charge on any atom is -0.479 e. The highest BCUT2D eigenvalue weighted by Crippen LogP contribution is 2.32. The Balaban J connectivity index is 2.46. The Kier molecular flexibility index (Phi) is 10.8. The molecule has 0 amide bonds. The van der Waals surface area contributed by atoms with Gasteiger partial charge in [0.2, 0.25) is 0 Å². The molecule has 10 heteroatoms. The molecule has 1 aromatic rings. The van der Waals surface area contributed by atoms with E-state index in [9.17, 15) is 24.3 Å². The van der Waals surface area contributed by atoms with Gasteiger partial charge in [-0.2, -0.15) is 0 Å². The van der Waals surface area contributed by atoms with Gasteiger partial charge in [-0.05, 0) is 33.3 Å². The topological polar surface area (TPSA) is 135 Å². The van der Waals surface area contributed by atoms with Crippen molar-refractivity contribution >= 4 is 23.7 Å². The second kappa shape index (κ2) is 13.3. The van der Waals surface area contributed by atoms with Gasteiger partial charge in [-0.1, -0.05) is 36.4 Å². The third kappa shape index (κ3) is 8.54. The van der Waals surface area contributed by atoms with Gasteiger partial charge < -0.3 is 33.6 Å². The van der Waals surface area contributed by atoms with Crippen LogP contribution in [0.25, 0.3) is 0 Å². The van der Waals surface area contributed by atoms with Crippen molar-refractivity contribution in [2.45, 2.75) is 77.8 Å². The molecular weight excluding hydrogens is 472 g/mol. The molecule has 1 N–H and O–H groups in total. The molecule has 1 aliphatic heterocycles. The summed E-state index contributed by atoms with van der Waals surface area (Å²) in [5, 5.41) is 9.87. The molecule has 2 rings (SSSR count). The second-order valence-electron chi connectivity index (χ2n) is 9.42. The molecule has 0 unspecified atom stereocenters. The summed E-state index contributed by atoms with van der Waals surface area (Å²) in [4.78, 5) is 48.8. The van der Waals surface area contributed by atoms with Crippen LogP contribution in [0.1, 0.15) is 46.1 Å². The SMILES string of the molecule is C=CCO[C@@H]1O[C@H](C(=O)O)[C@@H](OC(=O)CCC(C)=O)[C@H](OCc2ccccc2)[C@H]1OC(=O)C(C)(C)C. The van der Waals surface area contributed by atoms with E-state index < -0.39 is 54.0 Å². The van der Waals surface area contributed by atoms with Crippen LogP contribution in [-0.4, -0.2) is 66.1 Å². The number of ketones is 1. The first-order chi connectivity index (χ1) is 16.9. The molecule has 1 fully saturated rings. The Hall–Kier alpha value is -3.08. The first kappa shape index (κ1) is 29.2. The van der Waals surface area contributed by atoms with Crippen molar-refractivity contribution in [3.63, 3.8) is 0 Å². The first-order valence-corrected chi connectivity index (χ1v) is 11.6. The lowest BCUT2D eigenvalue weighted by Gasteiger charge is -2.44. The summed E-state index contributed by atoms with van der Waals surface area (Å²) in [5.74, 6) is -3.09. The Morgan fingerprint density at radius 3 is 2.22 bits per heavy atom. The largest absolute Gasteiger partial charge is 0.479 e. The number of hydrogen-bond donors (Lipinski definition) is 1. The summed E-state index contributed by atoms with van der Waals surface area (Å²) in [6.07, 6.45) is -5.97. The number of hydrogen-bond acceptors (Lipinski definition) is 9. The Morgan fingerprint density at radius 1 is 1.00 bits per heavy atom. The maximum Gasteiger partial charge on any atom is 0.336 e. The molecule has 10 nitrogen and oxygen atoms in total. The van der Waals surface area contributed by atoms with Crippen LogP contribution in [0.15, 0.2) is 43.0 Å². The third-order valence-electron chi connectivity index (χ3n) is 5.21. The minimum absolute atomic E-state index is 0.00289. The molecule has 1 saturated heterocycles. The van der Waals surface area contributed by atoms with Crippen molar-refractivity contribution in [2.75, 3.05) is 6.61 Å². The number of carbonyl (C=O) groups is 4. The number of Topliss-reactive ketones (excluding diaryl/α,β-unsaturated/α-hetero) is 1. The molecular formula is C26H34O10. The summed E-state index contributed by atoms with van der Waals surface area (Å²) in [7, 11) is 0. The summed E-state index contributed by atoms with van der Waals surface area (Å²) in [6.45, 7) is 9.82. The molecule has 0 radical (unpaired) electrons. The lowest BCUT2D eigenvalue weighted by Crippen LogP contribution is -2.63. The fraction of sp³-hybridized carbons (Fsp3) is 0.538. The number of carboxylic acids is 1. The van der Waals surface area contributed by atoms with E-state index in [4.69, 9.17) is 23.7 Å². The van der Waals surface area contributed by atoms with E-state index in [1.165, 1.54) is 13.0 Å². The van der Waals surface area contributed by atoms with E-state index in [2.05, 4.69) is 6.58 Å². The van der Waals surface area contributed by atoms with Crippen molar-refractivity contribution < 1.29 is 48.0 Å². The van der Waals surface area contributed by atoms with E-state index >= 15 is 0 Å². The van der Waals surface area contributed by atoms with Crippen LogP contribution in [0.4, 0.5) is 0 Å². The maximum absolute atomic E-state index is 12.8. The number of aliphatic carboxylic acids is 1. The quantitative estimate of drug-likeness (QED) is 0.333. The average Bonchev–Trinajstić information content (AvgIpc) is 2.81. The molecule has 5 atom stereocenters. The van der Waals surface area contributed by atoms with Gasteiger partial charge in [0.25, 0.3) is 0 Å². The Morgan fingerprint density at radius 2 is 1.67 bits per heavy atom. The normalized spacial score (nSPS) is 23.9. The van der Waals surface area contributed by atoms with Crippen LogP contribution in [0.5, 0.6) is 0 Å². The third-order valence-corrected chi connectivity index (χ3v) is 5.21. The number of ether oxygens (including phenoxy) is 5. The predicted molar refractivity (Wildman–Crippen MR) is 127 cm³/mol. The molecule has 198 valence electrons. The van der Waals surface area contributed by atoms with E-state index in [-0.39, 0.29) is 31.8 Å². The summed E-state index contributed by atoms with van der Waals surface area (Å²) >= 11 is 0. The standard InChI is InChI=1S/C26H34O10/c1-6-14-32-24-22(36-25(31)26(3,4)5)19(33-15-17-10-8-7-9-11-17)20(21(35-24)23(29)30)34-18(28)13-12-16(2)27/h6-11,19-22,24H,1,12-15H2,2-5H3,(H,29,30)/t19-,20-,21-,22+,24+/m0/s1. The summed E-state index contributed by atoms with van der Waals surface area (Å²) < 4.78 is 28.5. The van der Waals surface area contributed by atoms with Gasteiger partial charge in [-0.25, -0.2) is 4.79 Å². The van der Waals surface area contributed by atoms with Crippen molar-refractivity contribution in [1.29, 1.82) is 0 Å². The van der Waals surface area contributed by atoms with Gasteiger partial charge in [0.05, 0.1) is 25.0 Å². The van der Waals surface area contributed by atoms with Crippen molar-refractivity contribution in [3.05, 3.63) is 48.6 Å². The number of rotatable bonds is 12. The monoisotopic (exact) mass is 506 g/mol. The van der Waals surface area contributed by atoms with Gasteiger partial charge in [-0.15, -0.1) is 6.58 Å². The van der Waals surface area contributed by atoms with E-state index in [1.807, 2.05) is 6.07 Å². The highest BCUT2D eigenvalue weighted by atomic mass is 16.7. The summed E-state index contributed by atoms with van der Waals surface area (Å²) in [5.41, 5.74) is -0.161. The van der Waals surface area contributed by atoms with Gasteiger partial charge in [0.1, 0.15) is 11.9 Å². The molecule has 0 saturated carbocycles. The van der Waals surface area contributed by atoms with Crippen LogP contribution in [-0.2, 0) is 49.5 Å². The number of esters is 2. The number of carboxylic acid groups (broad SMARTS) is 1. The zero-order valence-corrected chi connectivity index (χ0v) is 21.0. The summed E-state index contributed by atoms with van der Waals surface area (Å²) in [6, 6.07) is 9.02. The van der Waals surface area contributed by atoms with Crippen LogP contribution in [0.3, 0.4) is 0 Å². The van der Waals surface area contributed by atoms with Crippen LogP contribution >= 0.6 is 0 Å². The van der Waals surface area contributed by atoms with E-state index in [0.29, 0.717) is 0 Å². The fourth-order valence-electron chi connectivity index (χ4n) is 3.31. The molecule has 0 aromatic heterocycles. The first-order valence-electron chi connectivity index (χ1n) is 11.6. The zero-order chi connectivity index (χ0) is 26.9.